The third-order valence-electron chi connectivity index (χ3n) is 3.61. The van der Waals surface area contributed by atoms with Crippen molar-refractivity contribution in [3.05, 3.63) is 58.3 Å². The van der Waals surface area contributed by atoms with Crippen molar-refractivity contribution in [2.45, 2.75) is 25.7 Å². The number of carbonyl (C=O) groups excluding carboxylic acids is 2. The fraction of sp³-hybridized carbons (Fsp3) is 0.333. The van der Waals surface area contributed by atoms with Crippen LogP contribution in [0.4, 0.5) is 0 Å². The summed E-state index contributed by atoms with van der Waals surface area (Å²) in [6, 6.07) is 13.5. The molecule has 1 heterocycles. The number of carbonyl (C=O) groups is 2. The van der Waals surface area contributed by atoms with Crippen LogP contribution in [0.15, 0.2) is 47.8 Å². The Labute approximate surface area is 140 Å². The molecular weight excluding hydrogens is 308 g/mol. The van der Waals surface area contributed by atoms with E-state index in [1.807, 2.05) is 48.7 Å². The fourth-order valence-electron chi connectivity index (χ4n) is 2.38. The molecule has 0 spiro atoms. The highest BCUT2D eigenvalue weighted by Crippen LogP contribution is 2.19. The fourth-order valence-corrected chi connectivity index (χ4v) is 3.02. The van der Waals surface area contributed by atoms with Crippen molar-refractivity contribution in [2.75, 3.05) is 13.1 Å². The quantitative estimate of drug-likeness (QED) is 0.730. The lowest BCUT2D eigenvalue weighted by molar-refractivity contribution is -0.122. The van der Waals surface area contributed by atoms with Gasteiger partial charge in [0.1, 0.15) is 0 Å². The van der Waals surface area contributed by atoms with Crippen LogP contribution in [0.3, 0.4) is 0 Å². The third-order valence-corrected chi connectivity index (χ3v) is 4.48. The molecule has 0 saturated heterocycles. The van der Waals surface area contributed by atoms with Gasteiger partial charge in [0.25, 0.3) is 5.91 Å². The molecule has 2 amide bonds. The number of rotatable bonds is 8. The number of hydrogen-bond acceptors (Lipinski definition) is 3. The summed E-state index contributed by atoms with van der Waals surface area (Å²) >= 11 is 1.42. The molecule has 0 aliphatic rings. The smallest absolute Gasteiger partial charge is 0.261 e. The second-order valence-electron chi connectivity index (χ2n) is 5.25. The molecular formula is C18H22N2O2S. The number of hydrogen-bond donors (Lipinski definition) is 2. The van der Waals surface area contributed by atoms with E-state index >= 15 is 0 Å². The largest absolute Gasteiger partial charge is 0.356 e. The molecule has 0 fully saturated rings. The van der Waals surface area contributed by atoms with Crippen LogP contribution in [0, 0.1) is 0 Å². The number of nitrogens with one attached hydrogen (secondary N) is 2. The molecule has 23 heavy (non-hydrogen) atoms. The van der Waals surface area contributed by atoms with E-state index in [0.29, 0.717) is 24.4 Å². The van der Waals surface area contributed by atoms with Crippen molar-refractivity contribution in [3.63, 3.8) is 0 Å². The van der Waals surface area contributed by atoms with Crippen molar-refractivity contribution >= 4 is 23.2 Å². The van der Waals surface area contributed by atoms with Gasteiger partial charge >= 0.3 is 0 Å². The molecule has 0 bridgehead atoms. The molecule has 2 N–H and O–H groups in total. The van der Waals surface area contributed by atoms with Gasteiger partial charge in [-0.1, -0.05) is 43.3 Å². The number of amides is 2. The maximum Gasteiger partial charge on any atom is 0.261 e. The Morgan fingerprint density at radius 3 is 2.43 bits per heavy atom. The topological polar surface area (TPSA) is 58.2 Å². The first-order valence-corrected chi connectivity index (χ1v) is 8.74. The lowest BCUT2D eigenvalue weighted by Crippen LogP contribution is -2.32. The van der Waals surface area contributed by atoms with Crippen LogP contribution < -0.4 is 10.6 Å². The minimum atomic E-state index is -0.114. The van der Waals surface area contributed by atoms with Crippen molar-refractivity contribution in [1.29, 1.82) is 0 Å². The van der Waals surface area contributed by atoms with Gasteiger partial charge in [0.05, 0.1) is 10.8 Å². The normalized spacial score (nSPS) is 11.7. The predicted molar refractivity (Wildman–Crippen MR) is 93.8 cm³/mol. The maximum atomic E-state index is 12.3. The number of thiophene rings is 1. The highest BCUT2D eigenvalue weighted by Gasteiger charge is 2.17. The van der Waals surface area contributed by atoms with E-state index in [0.717, 1.165) is 12.0 Å². The lowest BCUT2D eigenvalue weighted by Gasteiger charge is -2.15. The van der Waals surface area contributed by atoms with Crippen LogP contribution in [-0.2, 0) is 4.79 Å². The summed E-state index contributed by atoms with van der Waals surface area (Å²) in [6.45, 7) is 3.13. The van der Waals surface area contributed by atoms with Gasteiger partial charge in [-0.2, -0.15) is 0 Å². The van der Waals surface area contributed by atoms with E-state index in [1.54, 1.807) is 6.07 Å². The first-order valence-electron chi connectivity index (χ1n) is 7.86. The highest BCUT2D eigenvalue weighted by molar-refractivity contribution is 7.12. The average Bonchev–Trinajstić information content (AvgIpc) is 3.10. The maximum absolute atomic E-state index is 12.3. The number of benzene rings is 1. The standard InChI is InChI=1S/C18H22N2O2S/c1-2-15(14-8-4-3-5-9-14)17(21)19-11-7-12-20-18(22)16-10-6-13-23-16/h3-6,8-10,13,15H,2,7,11-12H2,1H3,(H,19,21)(H,20,22)/t15-/m1/s1. The molecule has 4 nitrogen and oxygen atoms in total. The molecule has 1 aromatic carbocycles. The molecule has 0 saturated carbocycles. The summed E-state index contributed by atoms with van der Waals surface area (Å²) in [5.41, 5.74) is 1.04. The first-order chi connectivity index (χ1) is 11.2. The van der Waals surface area contributed by atoms with Crippen LogP contribution in [0.5, 0.6) is 0 Å². The Morgan fingerprint density at radius 1 is 1.04 bits per heavy atom. The minimum absolute atomic E-state index is 0.0447. The van der Waals surface area contributed by atoms with Gasteiger partial charge in [-0.15, -0.1) is 11.3 Å². The summed E-state index contributed by atoms with van der Waals surface area (Å²) in [7, 11) is 0. The zero-order chi connectivity index (χ0) is 16.5. The van der Waals surface area contributed by atoms with Crippen molar-refractivity contribution in [2.24, 2.45) is 0 Å². The first kappa shape index (κ1) is 17.2. The molecule has 0 aliphatic heterocycles. The van der Waals surface area contributed by atoms with Crippen molar-refractivity contribution in [3.8, 4) is 0 Å². The van der Waals surface area contributed by atoms with Crippen LogP contribution in [0.25, 0.3) is 0 Å². The van der Waals surface area contributed by atoms with Gasteiger partial charge in [0.15, 0.2) is 0 Å². The summed E-state index contributed by atoms with van der Waals surface area (Å²) < 4.78 is 0. The van der Waals surface area contributed by atoms with Crippen LogP contribution in [0.1, 0.15) is 40.9 Å². The Kier molecular flexibility index (Phi) is 6.81. The van der Waals surface area contributed by atoms with E-state index in [9.17, 15) is 9.59 Å². The minimum Gasteiger partial charge on any atom is -0.356 e. The Bertz CT molecular complexity index is 611. The van der Waals surface area contributed by atoms with E-state index in [2.05, 4.69) is 10.6 Å². The van der Waals surface area contributed by atoms with Gasteiger partial charge in [0.2, 0.25) is 5.91 Å². The van der Waals surface area contributed by atoms with E-state index < -0.39 is 0 Å². The van der Waals surface area contributed by atoms with Gasteiger partial charge in [-0.05, 0) is 29.9 Å². The van der Waals surface area contributed by atoms with Gasteiger partial charge in [-0.25, -0.2) is 0 Å². The van der Waals surface area contributed by atoms with Gasteiger partial charge in [0, 0.05) is 13.1 Å². The van der Waals surface area contributed by atoms with Crippen LogP contribution in [0.2, 0.25) is 0 Å². The monoisotopic (exact) mass is 330 g/mol. The molecule has 2 rings (SSSR count). The Morgan fingerprint density at radius 2 is 1.78 bits per heavy atom. The SMILES string of the molecule is CC[C@@H](C(=O)NCCCNC(=O)c1cccs1)c1ccccc1. The molecule has 0 unspecified atom stereocenters. The predicted octanol–water partition coefficient (Wildman–Crippen LogP) is 3.18. The van der Waals surface area contributed by atoms with E-state index in [-0.39, 0.29) is 17.7 Å². The summed E-state index contributed by atoms with van der Waals surface area (Å²) in [6.07, 6.45) is 1.49. The van der Waals surface area contributed by atoms with Gasteiger partial charge < -0.3 is 10.6 Å². The molecule has 5 heteroatoms. The molecule has 0 aliphatic carbocycles. The third kappa shape index (κ3) is 5.21. The van der Waals surface area contributed by atoms with Crippen LogP contribution in [-0.4, -0.2) is 24.9 Å². The van der Waals surface area contributed by atoms with Crippen molar-refractivity contribution < 1.29 is 9.59 Å². The van der Waals surface area contributed by atoms with Gasteiger partial charge in [-0.3, -0.25) is 9.59 Å². The van der Waals surface area contributed by atoms with Crippen molar-refractivity contribution in [1.82, 2.24) is 10.6 Å². The second-order valence-corrected chi connectivity index (χ2v) is 6.20. The Balaban J connectivity index is 1.69. The molecule has 1 aromatic heterocycles. The second kappa shape index (κ2) is 9.10. The zero-order valence-corrected chi connectivity index (χ0v) is 14.1. The van der Waals surface area contributed by atoms with E-state index in [1.165, 1.54) is 11.3 Å². The molecule has 1 atom stereocenters. The zero-order valence-electron chi connectivity index (χ0n) is 13.2. The molecule has 0 radical (unpaired) electrons. The highest BCUT2D eigenvalue weighted by atomic mass is 32.1. The van der Waals surface area contributed by atoms with E-state index in [4.69, 9.17) is 0 Å². The lowest BCUT2D eigenvalue weighted by atomic mass is 9.96. The summed E-state index contributed by atoms with van der Waals surface area (Å²) in [5, 5.41) is 7.69. The molecule has 2 aromatic rings. The summed E-state index contributed by atoms with van der Waals surface area (Å²) in [5.74, 6) is -0.123. The molecule has 122 valence electrons. The summed E-state index contributed by atoms with van der Waals surface area (Å²) in [4.78, 5) is 24.7. The Hall–Kier alpha value is -2.14. The average molecular weight is 330 g/mol. The van der Waals surface area contributed by atoms with Crippen LogP contribution >= 0.6 is 11.3 Å².